The van der Waals surface area contributed by atoms with E-state index < -0.39 is 5.41 Å². The van der Waals surface area contributed by atoms with Gasteiger partial charge in [-0.25, -0.2) is 0 Å². The summed E-state index contributed by atoms with van der Waals surface area (Å²) >= 11 is 1.99. The average Bonchev–Trinajstić information content (AvgIpc) is 3.97. The number of hydrogen-bond acceptors (Lipinski definition) is 3. The zero-order chi connectivity index (χ0) is 43.2. The summed E-state index contributed by atoms with van der Waals surface area (Å²) in [7, 11) is 0. The van der Waals surface area contributed by atoms with Crippen LogP contribution in [0.2, 0.25) is 0 Å². The third kappa shape index (κ3) is 4.95. The van der Waals surface area contributed by atoms with Gasteiger partial charge in [-0.2, -0.15) is 0 Å². The Morgan fingerprint density at radius 3 is 1.71 bits per heavy atom. The fourth-order valence-electron chi connectivity index (χ4n) is 12.0. The van der Waals surface area contributed by atoms with E-state index >= 15 is 0 Å². The maximum absolute atomic E-state index is 2.61. The van der Waals surface area contributed by atoms with Gasteiger partial charge in [0.2, 0.25) is 0 Å². The molecule has 2 aliphatic carbocycles. The molecule has 2 nitrogen and oxygen atoms in total. The molecule has 0 fully saturated rings. The Labute approximate surface area is 384 Å². The highest BCUT2D eigenvalue weighted by atomic mass is 32.1. The molecule has 10 aromatic rings. The molecular formula is C61H43BN2S. The van der Waals surface area contributed by atoms with Gasteiger partial charge in [0.25, 0.3) is 6.71 Å². The molecule has 0 radical (unpaired) electrons. The van der Waals surface area contributed by atoms with Gasteiger partial charge in [-0.05, 0) is 132 Å². The Kier molecular flexibility index (Phi) is 7.59. The van der Waals surface area contributed by atoms with Crippen LogP contribution in [0.1, 0.15) is 48.6 Å². The molecule has 4 heteroatoms. The van der Waals surface area contributed by atoms with Crippen LogP contribution in [0.3, 0.4) is 0 Å². The van der Waals surface area contributed by atoms with Crippen LogP contribution in [-0.2, 0) is 10.8 Å². The highest BCUT2D eigenvalue weighted by Gasteiger charge is 2.53. The van der Waals surface area contributed by atoms with Crippen LogP contribution < -0.4 is 25.5 Å². The number of benzene rings is 9. The molecule has 65 heavy (non-hydrogen) atoms. The average molecular weight is 847 g/mol. The largest absolute Gasteiger partial charge is 0.311 e. The van der Waals surface area contributed by atoms with Crippen molar-refractivity contribution in [3.8, 4) is 33.4 Å². The van der Waals surface area contributed by atoms with Crippen molar-refractivity contribution < 1.29 is 0 Å². The van der Waals surface area contributed by atoms with Gasteiger partial charge in [0.15, 0.2) is 0 Å². The van der Waals surface area contributed by atoms with Crippen molar-refractivity contribution in [1.29, 1.82) is 0 Å². The van der Waals surface area contributed by atoms with Crippen LogP contribution in [0.25, 0.3) is 43.5 Å². The van der Waals surface area contributed by atoms with Crippen molar-refractivity contribution in [3.05, 3.63) is 234 Å². The molecule has 0 bridgehead atoms. The molecule has 4 aliphatic rings. The van der Waals surface area contributed by atoms with Crippen LogP contribution in [0, 0.1) is 0 Å². The smallest absolute Gasteiger partial charge is 0.264 e. The first-order valence-corrected chi connectivity index (χ1v) is 23.7. The van der Waals surface area contributed by atoms with E-state index in [1.54, 1.807) is 0 Å². The highest BCUT2D eigenvalue weighted by Crippen LogP contribution is 2.64. The van der Waals surface area contributed by atoms with E-state index in [0.29, 0.717) is 0 Å². The summed E-state index contributed by atoms with van der Waals surface area (Å²) in [4.78, 5) is 5.09. The minimum absolute atomic E-state index is 0.00127. The standard InChI is InChI=1S/C61H43BN2S/c1-60(2,3)40-31-32-45-46-36-47-56(37-51(46)61(50(45)35-40)48-26-15-13-24-43(48)44-25-14-16-27-49(44)61)65-59-58(47)64(42-22-11-6-12-23-42)54-29-17-28-53-57(54)62(59)52-33-30-39(38-18-7-4-8-19-38)34-55(52)63(53)41-20-9-5-10-21-41/h4-37H,1-3H3. The summed E-state index contributed by atoms with van der Waals surface area (Å²) in [6.45, 7) is 7.06. The Morgan fingerprint density at radius 2 is 1.03 bits per heavy atom. The number of rotatable bonds is 3. The summed E-state index contributed by atoms with van der Waals surface area (Å²) in [5, 5.41) is 1.30. The molecule has 2 aliphatic heterocycles. The zero-order valence-electron chi connectivity index (χ0n) is 36.5. The number of hydrogen-bond donors (Lipinski definition) is 0. The molecule has 9 aromatic carbocycles. The van der Waals surface area contributed by atoms with Crippen LogP contribution in [-0.4, -0.2) is 6.71 Å². The molecule has 0 saturated carbocycles. The minimum atomic E-state index is -0.436. The van der Waals surface area contributed by atoms with Crippen molar-refractivity contribution in [3.63, 3.8) is 0 Å². The molecular weight excluding hydrogens is 804 g/mol. The zero-order valence-corrected chi connectivity index (χ0v) is 37.3. The Morgan fingerprint density at radius 1 is 0.446 bits per heavy atom. The molecule has 1 aromatic heterocycles. The molecule has 3 heterocycles. The third-order valence-electron chi connectivity index (χ3n) is 14.8. The van der Waals surface area contributed by atoms with E-state index in [0.717, 1.165) is 5.69 Å². The van der Waals surface area contributed by atoms with Gasteiger partial charge in [-0.15, -0.1) is 11.3 Å². The van der Waals surface area contributed by atoms with E-state index in [-0.39, 0.29) is 12.1 Å². The molecule has 306 valence electrons. The van der Waals surface area contributed by atoms with Crippen molar-refractivity contribution in [2.45, 2.75) is 31.6 Å². The van der Waals surface area contributed by atoms with Gasteiger partial charge in [-0.3, -0.25) is 0 Å². The monoisotopic (exact) mass is 846 g/mol. The van der Waals surface area contributed by atoms with E-state index in [9.17, 15) is 0 Å². The topological polar surface area (TPSA) is 6.48 Å². The molecule has 0 saturated heterocycles. The number of nitrogens with zero attached hydrogens (tertiary/aromatic N) is 2. The normalized spacial score (nSPS) is 14.4. The lowest BCUT2D eigenvalue weighted by Crippen LogP contribution is -2.60. The molecule has 0 unspecified atom stereocenters. The molecule has 14 rings (SSSR count). The Hall–Kier alpha value is -7.40. The van der Waals surface area contributed by atoms with Crippen molar-refractivity contribution in [2.24, 2.45) is 0 Å². The van der Waals surface area contributed by atoms with Crippen molar-refractivity contribution >= 4 is 78.0 Å². The minimum Gasteiger partial charge on any atom is -0.311 e. The van der Waals surface area contributed by atoms with E-state index in [1.165, 1.54) is 115 Å². The number of anilines is 6. The lowest BCUT2D eigenvalue weighted by Gasteiger charge is -2.43. The fourth-order valence-corrected chi connectivity index (χ4v) is 13.4. The Balaban J connectivity index is 1.09. The van der Waals surface area contributed by atoms with Gasteiger partial charge < -0.3 is 9.80 Å². The SMILES string of the molecule is CC(C)(C)c1ccc2c(c1)C1(c3ccccc3-c3ccccc31)c1cc3sc4c(c3cc1-2)N(c1ccccc1)c1cccc2c1B4c1ccc(-c3ccccc3)cc1N2c1ccccc1. The summed E-state index contributed by atoms with van der Waals surface area (Å²) in [6.07, 6.45) is 0. The second-order valence-corrected chi connectivity index (χ2v) is 20.3. The third-order valence-corrected chi connectivity index (χ3v) is 16.0. The lowest BCUT2D eigenvalue weighted by atomic mass is 9.36. The quantitative estimate of drug-likeness (QED) is 0.163. The van der Waals surface area contributed by atoms with Gasteiger partial charge in [0, 0.05) is 43.3 Å². The summed E-state index contributed by atoms with van der Waals surface area (Å²) in [5.41, 5.74) is 24.2. The van der Waals surface area contributed by atoms with Gasteiger partial charge in [0.1, 0.15) is 0 Å². The first-order valence-electron chi connectivity index (χ1n) is 22.9. The predicted octanol–water partition coefficient (Wildman–Crippen LogP) is 14.3. The Bertz CT molecular complexity index is 3560. The van der Waals surface area contributed by atoms with Crippen LogP contribution >= 0.6 is 11.3 Å². The van der Waals surface area contributed by atoms with Crippen LogP contribution in [0.4, 0.5) is 34.1 Å². The summed E-state index contributed by atoms with van der Waals surface area (Å²) in [6, 6.07) is 77.9. The second-order valence-electron chi connectivity index (χ2n) is 19.2. The maximum atomic E-state index is 2.61. The molecule has 0 atom stereocenters. The fraction of sp³-hybridized carbons (Fsp3) is 0.0820. The van der Waals surface area contributed by atoms with Gasteiger partial charge in [0.05, 0.1) is 11.1 Å². The maximum Gasteiger partial charge on any atom is 0.264 e. The summed E-state index contributed by atoms with van der Waals surface area (Å²) < 4.78 is 2.71. The highest BCUT2D eigenvalue weighted by molar-refractivity contribution is 7.33. The van der Waals surface area contributed by atoms with Crippen LogP contribution in [0.15, 0.2) is 206 Å². The van der Waals surface area contributed by atoms with E-state index in [2.05, 4.69) is 237 Å². The first-order chi connectivity index (χ1) is 31.9. The van der Waals surface area contributed by atoms with Crippen LogP contribution in [0.5, 0.6) is 0 Å². The first kappa shape index (κ1) is 37.0. The molecule has 0 amide bonds. The van der Waals surface area contributed by atoms with Gasteiger partial charge in [-0.1, -0.05) is 172 Å². The lowest BCUT2D eigenvalue weighted by molar-refractivity contribution is 0.588. The van der Waals surface area contributed by atoms with Gasteiger partial charge >= 0.3 is 0 Å². The molecule has 1 spiro atoms. The van der Waals surface area contributed by atoms with Crippen molar-refractivity contribution in [2.75, 3.05) is 9.80 Å². The number of thiophene rings is 1. The van der Waals surface area contributed by atoms with E-state index in [4.69, 9.17) is 0 Å². The van der Waals surface area contributed by atoms with Crippen molar-refractivity contribution in [1.82, 2.24) is 0 Å². The number of fused-ring (bicyclic) bond motifs is 16. The summed E-state index contributed by atoms with van der Waals surface area (Å²) in [5.74, 6) is 0. The predicted molar refractivity (Wildman–Crippen MR) is 276 cm³/mol. The number of para-hydroxylation sites is 2. The second kappa shape index (κ2) is 13.3. The molecule has 0 N–H and O–H groups in total. The van der Waals surface area contributed by atoms with E-state index in [1.807, 2.05) is 11.3 Å².